The van der Waals surface area contributed by atoms with E-state index in [2.05, 4.69) is 44.7 Å². The first-order chi connectivity index (χ1) is 17.7. The zero-order chi connectivity index (χ0) is 24.9. The summed E-state index contributed by atoms with van der Waals surface area (Å²) in [5, 5.41) is 14.9. The summed E-state index contributed by atoms with van der Waals surface area (Å²) in [5.74, 6) is 1.16. The topological polar surface area (TPSA) is 94.3 Å². The van der Waals surface area contributed by atoms with E-state index in [1.54, 1.807) is 10.8 Å². The summed E-state index contributed by atoms with van der Waals surface area (Å²) in [5.41, 5.74) is 4.56. The van der Waals surface area contributed by atoms with E-state index in [0.29, 0.717) is 35.7 Å². The van der Waals surface area contributed by atoms with Gasteiger partial charge < -0.3 is 0 Å². The van der Waals surface area contributed by atoms with Crippen LogP contribution in [-0.2, 0) is 19.5 Å². The van der Waals surface area contributed by atoms with Gasteiger partial charge in [-0.3, -0.25) is 14.1 Å². The molecule has 1 aliphatic rings. The maximum absolute atomic E-state index is 13.4. The number of pyridine rings is 1. The van der Waals surface area contributed by atoms with Crippen molar-refractivity contribution in [3.8, 4) is 22.6 Å². The van der Waals surface area contributed by atoms with Gasteiger partial charge in [0.15, 0.2) is 0 Å². The molecule has 1 N–H and O–H groups in total. The summed E-state index contributed by atoms with van der Waals surface area (Å²) in [6, 6.07) is 12.1. The number of H-pyrrole nitrogens is 1. The van der Waals surface area contributed by atoms with Crippen molar-refractivity contribution in [1.82, 2.24) is 34.7 Å². The highest BCUT2D eigenvalue weighted by atomic mass is 35.5. The number of hydrogen-bond donors (Lipinski definition) is 1. The molecule has 4 aromatic rings. The van der Waals surface area contributed by atoms with E-state index in [0.717, 1.165) is 41.6 Å². The molecule has 5 rings (SSSR count). The molecular weight excluding hydrogens is 474 g/mol. The lowest BCUT2D eigenvalue weighted by Gasteiger charge is -2.21. The van der Waals surface area contributed by atoms with Gasteiger partial charge >= 0.3 is 5.69 Å². The fraction of sp³-hybridized carbons (Fsp3) is 0.444. The van der Waals surface area contributed by atoms with Crippen molar-refractivity contribution >= 4 is 11.6 Å². The Labute approximate surface area is 215 Å². The quantitative estimate of drug-likeness (QED) is 0.323. The first kappa shape index (κ1) is 24.4. The molecule has 1 fully saturated rings. The summed E-state index contributed by atoms with van der Waals surface area (Å²) in [4.78, 5) is 17.9. The normalized spacial score (nSPS) is 14.4. The molecule has 0 aliphatic heterocycles. The maximum Gasteiger partial charge on any atom is 0.329 e. The molecular formula is C27H32ClN7O. The summed E-state index contributed by atoms with van der Waals surface area (Å²) in [6.45, 7) is 3.31. The van der Waals surface area contributed by atoms with E-state index in [1.165, 1.54) is 32.1 Å². The Balaban J connectivity index is 1.38. The highest BCUT2D eigenvalue weighted by Gasteiger charge is 2.20. The van der Waals surface area contributed by atoms with E-state index in [1.807, 2.05) is 28.8 Å². The fourth-order valence-electron chi connectivity index (χ4n) is 5.28. The number of rotatable bonds is 9. The number of nitrogens with zero attached hydrogens (tertiary/aromatic N) is 6. The minimum absolute atomic E-state index is 0.00464. The van der Waals surface area contributed by atoms with Gasteiger partial charge in [0, 0.05) is 18.3 Å². The monoisotopic (exact) mass is 505 g/mol. The van der Waals surface area contributed by atoms with Crippen LogP contribution in [0.15, 0.2) is 47.4 Å². The second kappa shape index (κ2) is 11.2. The third kappa shape index (κ3) is 5.14. The summed E-state index contributed by atoms with van der Waals surface area (Å²) in [6.07, 6.45) is 11.0. The van der Waals surface area contributed by atoms with Crippen molar-refractivity contribution in [2.24, 2.45) is 5.92 Å². The molecule has 0 unspecified atom stereocenters. The molecule has 8 nitrogen and oxygen atoms in total. The number of nitrogens with one attached hydrogen (secondary N) is 1. The number of tetrazole rings is 1. The molecule has 0 amide bonds. The predicted molar refractivity (Wildman–Crippen MR) is 141 cm³/mol. The first-order valence-corrected chi connectivity index (χ1v) is 13.3. The Bertz CT molecular complexity index is 1340. The van der Waals surface area contributed by atoms with Crippen molar-refractivity contribution in [1.29, 1.82) is 0 Å². The van der Waals surface area contributed by atoms with Crippen LogP contribution < -0.4 is 5.69 Å². The van der Waals surface area contributed by atoms with Crippen LogP contribution in [0.3, 0.4) is 0 Å². The van der Waals surface area contributed by atoms with Crippen LogP contribution in [-0.4, -0.2) is 34.7 Å². The van der Waals surface area contributed by atoms with Crippen molar-refractivity contribution in [3.63, 3.8) is 0 Å². The smallest absolute Gasteiger partial charge is 0.290 e. The molecule has 1 saturated carbocycles. The van der Waals surface area contributed by atoms with Crippen molar-refractivity contribution in [2.75, 3.05) is 0 Å². The number of halogens is 1. The summed E-state index contributed by atoms with van der Waals surface area (Å²) in [7, 11) is 0. The Kier molecular flexibility index (Phi) is 7.60. The van der Waals surface area contributed by atoms with E-state index in [4.69, 9.17) is 11.6 Å². The molecule has 36 heavy (non-hydrogen) atoms. The number of imidazole rings is 1. The molecule has 0 bridgehead atoms. The van der Waals surface area contributed by atoms with Crippen molar-refractivity contribution in [2.45, 2.75) is 71.4 Å². The van der Waals surface area contributed by atoms with Gasteiger partial charge in [0.1, 0.15) is 10.8 Å². The first-order valence-electron chi connectivity index (χ1n) is 12.9. The van der Waals surface area contributed by atoms with Crippen LogP contribution in [0.4, 0.5) is 0 Å². The van der Waals surface area contributed by atoms with E-state index in [9.17, 15) is 4.79 Å². The van der Waals surface area contributed by atoms with Gasteiger partial charge in [-0.05, 0) is 41.2 Å². The summed E-state index contributed by atoms with van der Waals surface area (Å²) >= 11 is 6.78. The standard InChI is InChI=1S/C27H32ClN7O/c1-2-7-23-25(28)34(17-15-19-8-4-3-5-9-19)27(36)35(23)18-20-11-13-21(14-12-20)22-10-6-16-29-24(22)26-30-32-33-31-26/h6,10-14,16,19H,2-5,7-9,15,17-18H2,1H3,(H,30,31,32,33). The molecule has 0 radical (unpaired) electrons. The van der Waals surface area contributed by atoms with Gasteiger partial charge in [0.2, 0.25) is 5.82 Å². The van der Waals surface area contributed by atoms with E-state index >= 15 is 0 Å². The average molecular weight is 506 g/mol. The van der Waals surface area contributed by atoms with Crippen LogP contribution in [0.1, 0.15) is 63.1 Å². The minimum atomic E-state index is -0.00464. The molecule has 0 atom stereocenters. The van der Waals surface area contributed by atoms with Gasteiger partial charge in [-0.2, -0.15) is 5.21 Å². The second-order valence-electron chi connectivity index (χ2n) is 9.63. The Morgan fingerprint density at radius 1 is 1.08 bits per heavy atom. The van der Waals surface area contributed by atoms with E-state index in [-0.39, 0.29) is 5.69 Å². The van der Waals surface area contributed by atoms with Gasteiger partial charge in [-0.15, -0.1) is 10.2 Å². The fourth-order valence-corrected chi connectivity index (χ4v) is 5.64. The number of benzene rings is 1. The highest BCUT2D eigenvalue weighted by molar-refractivity contribution is 6.30. The van der Waals surface area contributed by atoms with Crippen LogP contribution in [0.5, 0.6) is 0 Å². The number of aromatic amines is 1. The molecule has 0 spiro atoms. The molecule has 1 aliphatic carbocycles. The molecule has 3 heterocycles. The Hall–Kier alpha value is -3.26. The minimum Gasteiger partial charge on any atom is -0.290 e. The lowest BCUT2D eigenvalue weighted by Crippen LogP contribution is -2.26. The van der Waals surface area contributed by atoms with Crippen molar-refractivity contribution < 1.29 is 0 Å². The number of aromatic nitrogens is 7. The number of hydrogen-bond acceptors (Lipinski definition) is 5. The van der Waals surface area contributed by atoms with Gasteiger partial charge in [-0.1, -0.05) is 87.4 Å². The Morgan fingerprint density at radius 3 is 2.61 bits per heavy atom. The zero-order valence-corrected chi connectivity index (χ0v) is 21.4. The predicted octanol–water partition coefficient (Wildman–Crippen LogP) is 5.52. The SMILES string of the molecule is CCCc1c(Cl)n(CCC2CCCCC2)c(=O)n1Cc1ccc(-c2cccnc2-c2nn[nH]n2)cc1. The van der Waals surface area contributed by atoms with Crippen LogP contribution in [0.25, 0.3) is 22.6 Å². The lowest BCUT2D eigenvalue weighted by atomic mass is 9.87. The second-order valence-corrected chi connectivity index (χ2v) is 9.99. The van der Waals surface area contributed by atoms with Crippen molar-refractivity contribution in [3.05, 3.63) is 69.5 Å². The molecule has 9 heteroatoms. The maximum atomic E-state index is 13.4. The molecule has 1 aromatic carbocycles. The van der Waals surface area contributed by atoms with Crippen LogP contribution >= 0.6 is 11.6 Å². The third-order valence-corrected chi connectivity index (χ3v) is 7.63. The highest BCUT2D eigenvalue weighted by Crippen LogP contribution is 2.29. The largest absolute Gasteiger partial charge is 0.329 e. The summed E-state index contributed by atoms with van der Waals surface area (Å²) < 4.78 is 3.65. The van der Waals surface area contributed by atoms with Crippen LogP contribution in [0.2, 0.25) is 5.15 Å². The lowest BCUT2D eigenvalue weighted by molar-refractivity contribution is 0.322. The Morgan fingerprint density at radius 2 is 1.89 bits per heavy atom. The molecule has 0 saturated heterocycles. The average Bonchev–Trinajstić information content (AvgIpc) is 3.53. The van der Waals surface area contributed by atoms with Gasteiger partial charge in [0.25, 0.3) is 0 Å². The third-order valence-electron chi connectivity index (χ3n) is 7.21. The molecule has 188 valence electrons. The van der Waals surface area contributed by atoms with Gasteiger partial charge in [0.05, 0.1) is 12.2 Å². The zero-order valence-electron chi connectivity index (χ0n) is 20.7. The van der Waals surface area contributed by atoms with Crippen LogP contribution in [0, 0.1) is 5.92 Å². The van der Waals surface area contributed by atoms with E-state index < -0.39 is 0 Å². The molecule has 3 aromatic heterocycles. The van der Waals surface area contributed by atoms with Gasteiger partial charge in [-0.25, -0.2) is 4.79 Å².